The standard InChI is InChI=1S/C7H13NO2/c1-7(9,5-8)6-3-2-4-10-6/h3,9H,2,4-5,8H2,1H3. The van der Waals surface area contributed by atoms with Gasteiger partial charge in [-0.3, -0.25) is 0 Å². The van der Waals surface area contributed by atoms with Crippen molar-refractivity contribution in [3.8, 4) is 0 Å². The molecule has 3 heteroatoms. The minimum Gasteiger partial charge on any atom is -0.495 e. The van der Waals surface area contributed by atoms with Crippen molar-refractivity contribution in [2.75, 3.05) is 13.2 Å². The van der Waals surface area contributed by atoms with Crippen LogP contribution in [-0.2, 0) is 4.74 Å². The van der Waals surface area contributed by atoms with Gasteiger partial charge in [-0.05, 0) is 13.0 Å². The number of ether oxygens (including phenoxy) is 1. The molecule has 0 amide bonds. The fraction of sp³-hybridized carbons (Fsp3) is 0.714. The third kappa shape index (κ3) is 1.30. The van der Waals surface area contributed by atoms with Crippen LogP contribution in [0.2, 0.25) is 0 Å². The Labute approximate surface area is 60.5 Å². The first-order valence-corrected chi connectivity index (χ1v) is 3.43. The summed E-state index contributed by atoms with van der Waals surface area (Å²) in [7, 11) is 0. The molecule has 58 valence electrons. The minimum atomic E-state index is -0.962. The predicted molar refractivity (Wildman–Crippen MR) is 38.3 cm³/mol. The van der Waals surface area contributed by atoms with Crippen LogP contribution < -0.4 is 5.73 Å². The first-order chi connectivity index (χ1) is 4.67. The molecule has 10 heavy (non-hydrogen) atoms. The highest BCUT2D eigenvalue weighted by atomic mass is 16.5. The molecular formula is C7H13NO2. The summed E-state index contributed by atoms with van der Waals surface area (Å²) in [5, 5.41) is 9.50. The van der Waals surface area contributed by atoms with E-state index in [4.69, 9.17) is 10.5 Å². The van der Waals surface area contributed by atoms with E-state index >= 15 is 0 Å². The van der Waals surface area contributed by atoms with Gasteiger partial charge >= 0.3 is 0 Å². The highest BCUT2D eigenvalue weighted by Crippen LogP contribution is 2.21. The summed E-state index contributed by atoms with van der Waals surface area (Å²) >= 11 is 0. The van der Waals surface area contributed by atoms with E-state index in [0.717, 1.165) is 6.42 Å². The monoisotopic (exact) mass is 143 g/mol. The topological polar surface area (TPSA) is 55.5 Å². The van der Waals surface area contributed by atoms with Crippen molar-refractivity contribution in [2.45, 2.75) is 18.9 Å². The van der Waals surface area contributed by atoms with Gasteiger partial charge in [0.25, 0.3) is 0 Å². The summed E-state index contributed by atoms with van der Waals surface area (Å²) < 4.78 is 5.14. The zero-order valence-corrected chi connectivity index (χ0v) is 6.13. The van der Waals surface area contributed by atoms with Crippen LogP contribution in [0.25, 0.3) is 0 Å². The molecule has 1 unspecified atom stereocenters. The smallest absolute Gasteiger partial charge is 0.130 e. The van der Waals surface area contributed by atoms with Gasteiger partial charge in [0.05, 0.1) is 6.61 Å². The molecule has 0 saturated carbocycles. The molecule has 0 fully saturated rings. The van der Waals surface area contributed by atoms with Crippen molar-refractivity contribution < 1.29 is 9.84 Å². The second-order valence-corrected chi connectivity index (χ2v) is 2.68. The number of nitrogens with two attached hydrogens (primary N) is 1. The summed E-state index contributed by atoms with van der Waals surface area (Å²) in [6, 6.07) is 0. The van der Waals surface area contributed by atoms with Gasteiger partial charge in [0, 0.05) is 13.0 Å². The lowest BCUT2D eigenvalue weighted by atomic mass is 10.1. The highest BCUT2D eigenvalue weighted by molar-refractivity contribution is 5.11. The largest absolute Gasteiger partial charge is 0.495 e. The summed E-state index contributed by atoms with van der Waals surface area (Å²) in [4.78, 5) is 0. The summed E-state index contributed by atoms with van der Waals surface area (Å²) in [6.07, 6.45) is 2.76. The Morgan fingerprint density at radius 3 is 3.00 bits per heavy atom. The first-order valence-electron chi connectivity index (χ1n) is 3.43. The maximum atomic E-state index is 9.50. The summed E-state index contributed by atoms with van der Waals surface area (Å²) in [5.41, 5.74) is 4.35. The van der Waals surface area contributed by atoms with E-state index in [1.807, 2.05) is 6.08 Å². The zero-order chi connectivity index (χ0) is 7.61. The number of hydrogen-bond acceptors (Lipinski definition) is 3. The molecule has 1 atom stereocenters. The molecule has 0 saturated heterocycles. The Balaban J connectivity index is 2.62. The van der Waals surface area contributed by atoms with Gasteiger partial charge in [-0.2, -0.15) is 0 Å². The van der Waals surface area contributed by atoms with Crippen LogP contribution in [0.1, 0.15) is 13.3 Å². The van der Waals surface area contributed by atoms with Gasteiger partial charge in [-0.15, -0.1) is 0 Å². The van der Waals surface area contributed by atoms with E-state index in [1.54, 1.807) is 6.92 Å². The van der Waals surface area contributed by atoms with E-state index in [0.29, 0.717) is 12.4 Å². The molecule has 0 spiro atoms. The zero-order valence-electron chi connectivity index (χ0n) is 6.13. The van der Waals surface area contributed by atoms with E-state index < -0.39 is 5.60 Å². The molecule has 1 aliphatic rings. The van der Waals surface area contributed by atoms with Crippen molar-refractivity contribution in [2.24, 2.45) is 5.73 Å². The lowest BCUT2D eigenvalue weighted by molar-refractivity contribution is 0.0420. The third-order valence-corrected chi connectivity index (χ3v) is 1.63. The highest BCUT2D eigenvalue weighted by Gasteiger charge is 2.27. The maximum Gasteiger partial charge on any atom is 0.130 e. The Bertz CT molecular complexity index is 152. The van der Waals surface area contributed by atoms with E-state index in [-0.39, 0.29) is 6.54 Å². The lowest BCUT2D eigenvalue weighted by Crippen LogP contribution is -2.36. The Kier molecular flexibility index (Phi) is 1.97. The average molecular weight is 143 g/mol. The number of aliphatic hydroxyl groups is 1. The van der Waals surface area contributed by atoms with Crippen molar-refractivity contribution in [3.63, 3.8) is 0 Å². The normalized spacial score (nSPS) is 23.3. The summed E-state index contributed by atoms with van der Waals surface area (Å²) in [6.45, 7) is 2.54. The second-order valence-electron chi connectivity index (χ2n) is 2.68. The van der Waals surface area contributed by atoms with Crippen molar-refractivity contribution in [3.05, 3.63) is 11.8 Å². The molecule has 0 aliphatic carbocycles. The van der Waals surface area contributed by atoms with Crippen LogP contribution in [0.3, 0.4) is 0 Å². The van der Waals surface area contributed by atoms with E-state index in [9.17, 15) is 5.11 Å². The SMILES string of the molecule is CC(O)(CN)C1=CCCO1. The molecule has 0 bridgehead atoms. The molecule has 1 aliphatic heterocycles. The van der Waals surface area contributed by atoms with Gasteiger partial charge in [0.1, 0.15) is 11.4 Å². The Morgan fingerprint density at radius 1 is 1.90 bits per heavy atom. The average Bonchev–Trinajstić information content (AvgIpc) is 2.38. The molecular weight excluding hydrogens is 130 g/mol. The Hall–Kier alpha value is -0.540. The van der Waals surface area contributed by atoms with Gasteiger partial charge in [-0.1, -0.05) is 0 Å². The van der Waals surface area contributed by atoms with Crippen LogP contribution in [0, 0.1) is 0 Å². The molecule has 0 radical (unpaired) electrons. The Morgan fingerprint density at radius 2 is 2.60 bits per heavy atom. The van der Waals surface area contributed by atoms with Gasteiger partial charge < -0.3 is 15.6 Å². The van der Waals surface area contributed by atoms with E-state index in [2.05, 4.69) is 0 Å². The van der Waals surface area contributed by atoms with Gasteiger partial charge in [0.15, 0.2) is 0 Å². The van der Waals surface area contributed by atoms with Crippen LogP contribution >= 0.6 is 0 Å². The van der Waals surface area contributed by atoms with Crippen LogP contribution in [0.5, 0.6) is 0 Å². The fourth-order valence-electron chi connectivity index (χ4n) is 0.894. The molecule has 0 aromatic rings. The molecule has 1 heterocycles. The van der Waals surface area contributed by atoms with Gasteiger partial charge in [0.2, 0.25) is 0 Å². The number of hydrogen-bond donors (Lipinski definition) is 2. The third-order valence-electron chi connectivity index (χ3n) is 1.63. The van der Waals surface area contributed by atoms with Crippen LogP contribution in [0.4, 0.5) is 0 Å². The lowest BCUT2D eigenvalue weighted by Gasteiger charge is -2.21. The summed E-state index contributed by atoms with van der Waals surface area (Å²) in [5.74, 6) is 0.620. The minimum absolute atomic E-state index is 0.207. The van der Waals surface area contributed by atoms with Crippen LogP contribution in [-0.4, -0.2) is 23.9 Å². The predicted octanol–water partition coefficient (Wildman–Crippen LogP) is 0.000300. The van der Waals surface area contributed by atoms with Crippen LogP contribution in [0.15, 0.2) is 11.8 Å². The fourth-order valence-corrected chi connectivity index (χ4v) is 0.894. The van der Waals surface area contributed by atoms with Crippen molar-refractivity contribution >= 4 is 0 Å². The van der Waals surface area contributed by atoms with Crippen molar-refractivity contribution in [1.29, 1.82) is 0 Å². The number of rotatable bonds is 2. The maximum absolute atomic E-state index is 9.50. The van der Waals surface area contributed by atoms with E-state index in [1.165, 1.54) is 0 Å². The van der Waals surface area contributed by atoms with Gasteiger partial charge in [-0.25, -0.2) is 0 Å². The molecule has 3 nitrogen and oxygen atoms in total. The molecule has 1 rings (SSSR count). The molecule has 0 aromatic carbocycles. The molecule has 3 N–H and O–H groups in total. The second kappa shape index (κ2) is 2.60. The quantitative estimate of drug-likeness (QED) is 0.572. The molecule has 0 aromatic heterocycles. The van der Waals surface area contributed by atoms with Crippen molar-refractivity contribution in [1.82, 2.24) is 0 Å². The first kappa shape index (κ1) is 7.57.